The van der Waals surface area contributed by atoms with Crippen molar-refractivity contribution in [2.75, 3.05) is 0 Å². The molecule has 0 aliphatic heterocycles. The Kier molecular flexibility index (Phi) is 4.51. The Labute approximate surface area is 75.5 Å². The smallest absolute Gasteiger partial charge is 0 e. The van der Waals surface area contributed by atoms with Gasteiger partial charge in [-0.1, -0.05) is 26.2 Å². The minimum Gasteiger partial charge on any atom is -0.394 e. The molecule has 10 heavy (non-hydrogen) atoms. The molecule has 1 radical (unpaired) electrons. The van der Waals surface area contributed by atoms with Crippen LogP contribution in [0.2, 0.25) is 0 Å². The summed E-state index contributed by atoms with van der Waals surface area (Å²) in [5, 5.41) is 0. The third-order valence-electron chi connectivity index (χ3n) is 1.25. The molecule has 0 aliphatic carbocycles. The van der Waals surface area contributed by atoms with E-state index in [1.807, 2.05) is 12.1 Å². The second-order valence-corrected chi connectivity index (χ2v) is 2.36. The predicted molar refractivity (Wildman–Crippen MR) is 37.2 cm³/mol. The second-order valence-electron chi connectivity index (χ2n) is 2.36. The van der Waals surface area contributed by atoms with Crippen LogP contribution < -0.4 is 0 Å². The van der Waals surface area contributed by atoms with Gasteiger partial charge < -0.3 is 4.98 Å². The monoisotopic (exact) mass is 307 g/mol. The van der Waals surface area contributed by atoms with E-state index in [4.69, 9.17) is 0 Å². The van der Waals surface area contributed by atoms with Gasteiger partial charge in [0.2, 0.25) is 0 Å². The van der Waals surface area contributed by atoms with Crippen molar-refractivity contribution in [3.63, 3.8) is 0 Å². The van der Waals surface area contributed by atoms with Crippen LogP contribution in [0.1, 0.15) is 25.3 Å². The molecule has 1 aromatic rings. The Bertz CT molecular complexity index is 172. The summed E-state index contributed by atoms with van der Waals surface area (Å²) >= 11 is 0. The van der Waals surface area contributed by atoms with E-state index in [0.717, 1.165) is 0 Å². The van der Waals surface area contributed by atoms with E-state index in [-0.39, 0.29) is 20.4 Å². The van der Waals surface area contributed by atoms with Crippen LogP contribution in [0.5, 0.6) is 0 Å². The summed E-state index contributed by atoms with van der Waals surface area (Å²) < 4.78 is 0. The first-order chi connectivity index (χ1) is 4.30. The van der Waals surface area contributed by atoms with Crippen molar-refractivity contribution >= 4 is 0 Å². The zero-order chi connectivity index (χ0) is 6.69. The standard InChI is InChI=1S/C8H10N.Re/c1-7(2)8-4-3-5-9-6-8;/h3-5,7H,1-2H3;/q-1;. The number of hydrogen-bond acceptors (Lipinski definition) is 1. The van der Waals surface area contributed by atoms with Gasteiger partial charge in [0, 0.05) is 20.4 Å². The minimum atomic E-state index is 0. The molecule has 0 aliphatic rings. The number of rotatable bonds is 1. The molecule has 0 bridgehead atoms. The fourth-order valence-corrected chi connectivity index (χ4v) is 0.660. The average molecular weight is 306 g/mol. The van der Waals surface area contributed by atoms with Crippen LogP contribution >= 0.6 is 0 Å². The number of aromatic nitrogens is 1. The van der Waals surface area contributed by atoms with Crippen LogP contribution in [0, 0.1) is 6.20 Å². The summed E-state index contributed by atoms with van der Waals surface area (Å²) in [6.45, 7) is 4.26. The maximum absolute atomic E-state index is 3.88. The topological polar surface area (TPSA) is 12.9 Å². The van der Waals surface area contributed by atoms with Gasteiger partial charge in [-0.3, -0.25) is 0 Å². The largest absolute Gasteiger partial charge is 0.394 e. The molecule has 1 nitrogen and oxygen atoms in total. The molecule has 0 amide bonds. The first-order valence-electron chi connectivity index (χ1n) is 3.13. The van der Waals surface area contributed by atoms with Gasteiger partial charge in [0.05, 0.1) is 0 Å². The summed E-state index contributed by atoms with van der Waals surface area (Å²) in [4.78, 5) is 3.88. The van der Waals surface area contributed by atoms with E-state index in [9.17, 15) is 0 Å². The first-order valence-corrected chi connectivity index (χ1v) is 3.13. The van der Waals surface area contributed by atoms with Gasteiger partial charge in [-0.15, -0.1) is 5.56 Å². The van der Waals surface area contributed by atoms with Gasteiger partial charge in [-0.05, 0) is 5.92 Å². The molecular weight excluding hydrogens is 296 g/mol. The summed E-state index contributed by atoms with van der Waals surface area (Å²) in [6, 6.07) is 3.98. The van der Waals surface area contributed by atoms with Crippen molar-refractivity contribution in [1.29, 1.82) is 0 Å². The second kappa shape index (κ2) is 4.60. The molecule has 2 heteroatoms. The Morgan fingerprint density at radius 1 is 1.50 bits per heavy atom. The van der Waals surface area contributed by atoms with Crippen molar-refractivity contribution in [3.05, 3.63) is 30.1 Å². The Morgan fingerprint density at radius 2 is 2.20 bits per heavy atom. The third kappa shape index (κ3) is 2.60. The minimum absolute atomic E-state index is 0. The van der Waals surface area contributed by atoms with E-state index in [2.05, 4.69) is 25.0 Å². The maximum Gasteiger partial charge on any atom is 0 e. The molecule has 0 N–H and O–H groups in total. The van der Waals surface area contributed by atoms with Gasteiger partial charge in [0.15, 0.2) is 0 Å². The summed E-state index contributed by atoms with van der Waals surface area (Å²) in [5.41, 5.74) is 1.18. The Hall–Kier alpha value is -0.188. The van der Waals surface area contributed by atoms with E-state index in [0.29, 0.717) is 5.92 Å². The average Bonchev–Trinajstić information content (AvgIpc) is 1.90. The van der Waals surface area contributed by atoms with E-state index in [1.54, 1.807) is 6.20 Å². The molecular formula is C8H10NRe-. The third-order valence-corrected chi connectivity index (χ3v) is 1.25. The summed E-state index contributed by atoms with van der Waals surface area (Å²) in [6.07, 6.45) is 4.66. The maximum atomic E-state index is 3.88. The SMILES string of the molecule is CC(C)c1[c-]nccc1.[Re]. The van der Waals surface area contributed by atoms with E-state index >= 15 is 0 Å². The van der Waals surface area contributed by atoms with Crippen molar-refractivity contribution in [2.45, 2.75) is 19.8 Å². The quantitative estimate of drug-likeness (QED) is 0.723. The van der Waals surface area contributed by atoms with Crippen LogP contribution in [0.3, 0.4) is 0 Å². The first kappa shape index (κ1) is 9.81. The molecule has 0 aromatic carbocycles. The molecule has 0 saturated carbocycles. The number of hydrogen-bond donors (Lipinski definition) is 0. The van der Waals surface area contributed by atoms with Gasteiger partial charge >= 0.3 is 0 Å². The van der Waals surface area contributed by atoms with Gasteiger partial charge in [-0.25, -0.2) is 0 Å². The number of nitrogens with zero attached hydrogens (tertiary/aromatic N) is 1. The van der Waals surface area contributed by atoms with Crippen LogP contribution in [0.4, 0.5) is 0 Å². The molecule has 55 valence electrons. The predicted octanol–water partition coefficient (Wildman–Crippen LogP) is 2.00. The van der Waals surface area contributed by atoms with E-state index in [1.165, 1.54) is 5.56 Å². The number of pyridine rings is 1. The van der Waals surface area contributed by atoms with Gasteiger partial charge in [0.25, 0.3) is 0 Å². The molecule has 0 atom stereocenters. The molecule has 0 fully saturated rings. The Morgan fingerprint density at radius 3 is 2.50 bits per heavy atom. The van der Waals surface area contributed by atoms with Gasteiger partial charge in [-0.2, -0.15) is 12.1 Å². The normalized spacial score (nSPS) is 9.10. The van der Waals surface area contributed by atoms with E-state index < -0.39 is 0 Å². The van der Waals surface area contributed by atoms with Crippen LogP contribution in [0.25, 0.3) is 0 Å². The van der Waals surface area contributed by atoms with Crippen molar-refractivity contribution in [1.82, 2.24) is 4.98 Å². The molecule has 0 spiro atoms. The molecule has 1 rings (SSSR count). The molecule has 1 heterocycles. The molecule has 0 saturated heterocycles. The molecule has 0 unspecified atom stereocenters. The summed E-state index contributed by atoms with van der Waals surface area (Å²) in [5.74, 6) is 0.540. The zero-order valence-corrected chi connectivity index (χ0v) is 8.85. The summed E-state index contributed by atoms with van der Waals surface area (Å²) in [7, 11) is 0. The Balaban J connectivity index is 0.000000810. The van der Waals surface area contributed by atoms with Crippen molar-refractivity contribution in [3.8, 4) is 0 Å². The van der Waals surface area contributed by atoms with Crippen molar-refractivity contribution < 1.29 is 20.4 Å². The van der Waals surface area contributed by atoms with Crippen LogP contribution in [-0.4, -0.2) is 4.98 Å². The fraction of sp³-hybridized carbons (Fsp3) is 0.375. The fourth-order valence-electron chi connectivity index (χ4n) is 0.660. The van der Waals surface area contributed by atoms with Crippen LogP contribution in [-0.2, 0) is 20.4 Å². The van der Waals surface area contributed by atoms with Crippen LogP contribution in [0.15, 0.2) is 18.3 Å². The van der Waals surface area contributed by atoms with Gasteiger partial charge in [0.1, 0.15) is 0 Å². The van der Waals surface area contributed by atoms with Crippen molar-refractivity contribution in [2.24, 2.45) is 0 Å². The zero-order valence-electron chi connectivity index (χ0n) is 6.13. The molecule has 1 aromatic heterocycles.